The molecule has 1 rings (SSSR count). The van der Waals surface area contributed by atoms with Gasteiger partial charge in [0.1, 0.15) is 10.8 Å². The molecule has 0 spiro atoms. The van der Waals surface area contributed by atoms with Crippen LogP contribution in [0, 0.1) is 5.92 Å². The normalized spacial score (nSPS) is 12.0. The summed E-state index contributed by atoms with van der Waals surface area (Å²) >= 11 is 1.06. The van der Waals surface area contributed by atoms with Crippen molar-refractivity contribution in [3.8, 4) is 0 Å². The van der Waals surface area contributed by atoms with Gasteiger partial charge in [0.15, 0.2) is 0 Å². The van der Waals surface area contributed by atoms with E-state index < -0.39 is 16.0 Å². The second-order valence-electron chi connectivity index (χ2n) is 4.76. The van der Waals surface area contributed by atoms with Crippen LogP contribution in [0.25, 0.3) is 0 Å². The Hall–Kier alpha value is -1.12. The lowest BCUT2D eigenvalue weighted by Crippen LogP contribution is -2.39. The monoisotopic (exact) mass is 334 g/mol. The van der Waals surface area contributed by atoms with Gasteiger partial charge >= 0.3 is 5.97 Å². The number of hydrogen-bond donors (Lipinski definition) is 1. The van der Waals surface area contributed by atoms with Crippen LogP contribution < -0.4 is 5.73 Å². The molecular weight excluding hydrogens is 312 g/mol. The molecule has 1 heterocycles. The van der Waals surface area contributed by atoms with Crippen molar-refractivity contribution in [2.75, 3.05) is 25.9 Å². The first-order valence-corrected chi connectivity index (χ1v) is 9.08. The van der Waals surface area contributed by atoms with Crippen molar-refractivity contribution in [2.45, 2.75) is 30.9 Å². The number of sulfonamides is 1. The summed E-state index contributed by atoms with van der Waals surface area (Å²) in [6.07, 6.45) is 1.69. The molecular formula is C13H22N2O4S2. The Morgan fingerprint density at radius 2 is 2.05 bits per heavy atom. The minimum absolute atomic E-state index is 0.148. The first-order valence-electron chi connectivity index (χ1n) is 6.76. The largest absolute Gasteiger partial charge is 0.468 e. The first kappa shape index (κ1) is 17.9. The second-order valence-corrected chi connectivity index (χ2v) is 7.83. The van der Waals surface area contributed by atoms with Crippen LogP contribution >= 0.6 is 11.3 Å². The Morgan fingerprint density at radius 3 is 2.48 bits per heavy atom. The number of nitrogens with zero attached hydrogens (tertiary/aromatic N) is 1. The second kappa shape index (κ2) is 7.77. The lowest BCUT2D eigenvalue weighted by molar-refractivity contribution is -0.140. The van der Waals surface area contributed by atoms with Gasteiger partial charge in [-0.2, -0.15) is 4.31 Å². The summed E-state index contributed by atoms with van der Waals surface area (Å²) in [5.41, 5.74) is 5.99. The molecule has 0 saturated heterocycles. The van der Waals surface area contributed by atoms with Crippen LogP contribution in [-0.4, -0.2) is 38.9 Å². The maximum atomic E-state index is 12.6. The third-order valence-corrected chi connectivity index (χ3v) is 6.58. The van der Waals surface area contributed by atoms with Gasteiger partial charge in [0.05, 0.1) is 7.11 Å². The number of esters is 1. The summed E-state index contributed by atoms with van der Waals surface area (Å²) in [6.45, 7) is 4.01. The number of thiophene rings is 1. The number of carbonyl (C=O) groups excluding carboxylic acids is 1. The zero-order chi connectivity index (χ0) is 16.0. The van der Waals surface area contributed by atoms with Crippen LogP contribution in [0.4, 0.5) is 5.69 Å². The molecule has 0 atom stereocenters. The molecule has 0 fully saturated rings. The van der Waals surface area contributed by atoms with Crippen LogP contribution in [0.3, 0.4) is 0 Å². The van der Waals surface area contributed by atoms with Crippen molar-refractivity contribution >= 4 is 33.0 Å². The molecule has 0 aliphatic heterocycles. The summed E-state index contributed by atoms with van der Waals surface area (Å²) in [4.78, 5) is 11.5. The van der Waals surface area contributed by atoms with Gasteiger partial charge < -0.3 is 10.5 Å². The van der Waals surface area contributed by atoms with Crippen LogP contribution in [0.5, 0.6) is 0 Å². The molecule has 2 N–H and O–H groups in total. The van der Waals surface area contributed by atoms with E-state index >= 15 is 0 Å². The standard InChI is InChI=1S/C13H22N2O4S2/c1-4-10(5-2)7-15(8-12(16)19-3)21(17,18)13-6-11(14)9-20-13/h6,9-10H,4-5,7-8,14H2,1-3H3. The highest BCUT2D eigenvalue weighted by Crippen LogP contribution is 2.26. The van der Waals surface area contributed by atoms with Gasteiger partial charge in [0, 0.05) is 17.6 Å². The SMILES string of the molecule is CCC(CC)CN(CC(=O)OC)S(=O)(=O)c1cc(N)cs1. The number of nitrogens with two attached hydrogens (primary N) is 1. The average molecular weight is 334 g/mol. The van der Waals surface area contributed by atoms with Gasteiger partial charge in [-0.3, -0.25) is 4.79 Å². The van der Waals surface area contributed by atoms with Gasteiger partial charge in [-0.05, 0) is 12.0 Å². The number of ether oxygens (including phenoxy) is 1. The number of carbonyl (C=O) groups is 1. The quantitative estimate of drug-likeness (QED) is 0.734. The van der Waals surface area contributed by atoms with Gasteiger partial charge in [-0.1, -0.05) is 26.7 Å². The Bertz CT molecular complexity index is 564. The predicted molar refractivity (Wildman–Crippen MR) is 83.6 cm³/mol. The minimum Gasteiger partial charge on any atom is -0.468 e. The third-order valence-electron chi connectivity index (χ3n) is 3.34. The van der Waals surface area contributed by atoms with Crippen molar-refractivity contribution < 1.29 is 17.9 Å². The van der Waals surface area contributed by atoms with Crippen molar-refractivity contribution in [2.24, 2.45) is 5.92 Å². The van der Waals surface area contributed by atoms with Crippen molar-refractivity contribution in [1.29, 1.82) is 0 Å². The van der Waals surface area contributed by atoms with E-state index in [1.165, 1.54) is 17.5 Å². The zero-order valence-corrected chi connectivity index (χ0v) is 14.2. The summed E-state index contributed by atoms with van der Waals surface area (Å²) in [5.74, 6) is -0.379. The maximum Gasteiger partial charge on any atom is 0.321 e. The molecule has 6 nitrogen and oxygen atoms in total. The zero-order valence-electron chi connectivity index (χ0n) is 12.5. The fourth-order valence-corrected chi connectivity index (χ4v) is 4.58. The third kappa shape index (κ3) is 4.69. The topological polar surface area (TPSA) is 89.7 Å². The fraction of sp³-hybridized carbons (Fsp3) is 0.615. The average Bonchev–Trinajstić information content (AvgIpc) is 2.90. The fourth-order valence-electron chi connectivity index (χ4n) is 1.88. The maximum absolute atomic E-state index is 12.6. The number of methoxy groups -OCH3 is 1. The van der Waals surface area contributed by atoms with E-state index in [4.69, 9.17) is 5.73 Å². The van der Waals surface area contributed by atoms with E-state index in [0.717, 1.165) is 24.2 Å². The lowest BCUT2D eigenvalue weighted by atomic mass is 10.0. The van der Waals surface area contributed by atoms with Crippen LogP contribution in [0.2, 0.25) is 0 Å². The summed E-state index contributed by atoms with van der Waals surface area (Å²) in [5, 5.41) is 1.57. The Kier molecular flexibility index (Phi) is 6.63. The summed E-state index contributed by atoms with van der Waals surface area (Å²) in [6, 6.07) is 1.41. The highest BCUT2D eigenvalue weighted by molar-refractivity contribution is 7.91. The van der Waals surface area contributed by atoms with Crippen molar-refractivity contribution in [3.63, 3.8) is 0 Å². The first-order chi connectivity index (χ1) is 9.84. The molecule has 0 bridgehead atoms. The number of nitrogen functional groups attached to an aromatic ring is 1. The molecule has 0 amide bonds. The van der Waals surface area contributed by atoms with Crippen LogP contribution in [-0.2, 0) is 19.6 Å². The number of rotatable bonds is 8. The molecule has 0 aliphatic carbocycles. The molecule has 0 aliphatic rings. The van der Waals surface area contributed by atoms with E-state index in [-0.39, 0.29) is 16.7 Å². The lowest BCUT2D eigenvalue weighted by Gasteiger charge is -2.24. The predicted octanol–water partition coefficient (Wildman–Crippen LogP) is 1.93. The molecule has 1 aromatic heterocycles. The molecule has 0 radical (unpaired) electrons. The van der Waals surface area contributed by atoms with Crippen LogP contribution in [0.15, 0.2) is 15.7 Å². The smallest absolute Gasteiger partial charge is 0.321 e. The molecule has 21 heavy (non-hydrogen) atoms. The highest BCUT2D eigenvalue weighted by atomic mass is 32.2. The molecule has 0 unspecified atom stereocenters. The molecule has 0 saturated carbocycles. The van der Waals surface area contributed by atoms with E-state index in [0.29, 0.717) is 12.2 Å². The van der Waals surface area contributed by atoms with E-state index in [1.807, 2.05) is 13.8 Å². The van der Waals surface area contributed by atoms with Gasteiger partial charge in [-0.15, -0.1) is 11.3 Å². The van der Waals surface area contributed by atoms with Gasteiger partial charge in [0.2, 0.25) is 0 Å². The highest BCUT2D eigenvalue weighted by Gasteiger charge is 2.29. The van der Waals surface area contributed by atoms with Gasteiger partial charge in [-0.25, -0.2) is 8.42 Å². The van der Waals surface area contributed by atoms with Crippen molar-refractivity contribution in [3.05, 3.63) is 11.4 Å². The number of anilines is 1. The number of hydrogen-bond acceptors (Lipinski definition) is 6. The Morgan fingerprint density at radius 1 is 1.43 bits per heavy atom. The Balaban J connectivity index is 3.06. The molecule has 0 aromatic carbocycles. The molecule has 1 aromatic rings. The summed E-state index contributed by atoms with van der Waals surface area (Å²) in [7, 11) is -2.49. The minimum atomic E-state index is -3.73. The van der Waals surface area contributed by atoms with Gasteiger partial charge in [0.25, 0.3) is 10.0 Å². The summed E-state index contributed by atoms with van der Waals surface area (Å²) < 4.78 is 31.2. The Labute approximate surface area is 129 Å². The van der Waals surface area contributed by atoms with E-state index in [1.54, 1.807) is 5.38 Å². The van der Waals surface area contributed by atoms with Crippen LogP contribution in [0.1, 0.15) is 26.7 Å². The van der Waals surface area contributed by atoms with E-state index in [2.05, 4.69) is 4.74 Å². The van der Waals surface area contributed by atoms with Crippen molar-refractivity contribution in [1.82, 2.24) is 4.31 Å². The van der Waals surface area contributed by atoms with E-state index in [9.17, 15) is 13.2 Å². The molecule has 8 heteroatoms. The molecule has 120 valence electrons.